The third-order valence-corrected chi connectivity index (χ3v) is 0. The van der Waals surface area contributed by atoms with Crippen molar-refractivity contribution in [3.05, 3.63) is 0 Å². The van der Waals surface area contributed by atoms with Gasteiger partial charge in [-0.25, -0.2) is 4.79 Å². The molecule has 4 N–H and O–H groups in total. The molecule has 3 nitrogen and oxygen atoms in total. The second-order valence-electron chi connectivity index (χ2n) is 0.402. The summed E-state index contributed by atoms with van der Waals surface area (Å²) in [6.45, 7) is 0. The van der Waals surface area contributed by atoms with Gasteiger partial charge in [-0.05, 0) is 0 Å². The molecule has 0 unspecified atom stereocenters. The maximum Gasteiger partial charge on any atom is 0.309 e. The normalized spacial score (nSPS) is 3.00. The van der Waals surface area contributed by atoms with E-state index in [4.69, 9.17) is 4.79 Å². The number of hydrogen-bond donors (Lipinski definition) is 2. The van der Waals surface area contributed by atoms with Gasteiger partial charge in [0.05, 0.1) is 0 Å². The molecule has 0 aliphatic heterocycles. The van der Waals surface area contributed by atoms with E-state index < -0.39 is 6.03 Å². The van der Waals surface area contributed by atoms with Crippen molar-refractivity contribution < 1.29 is 4.79 Å². The number of hydrogen-bond acceptors (Lipinski definition) is 1. The SMILES string of the molecule is Br.Br.Br.Br.NC(N)=O. The Morgan fingerprint density at radius 3 is 0.875 bits per heavy atom. The highest BCUT2D eigenvalue weighted by Crippen LogP contribution is 1.25. The van der Waals surface area contributed by atoms with E-state index >= 15 is 0 Å². The number of carbonyl (C=O) groups excluding carboxylic acids is 1. The van der Waals surface area contributed by atoms with E-state index in [0.29, 0.717) is 0 Å². The predicted octanol–water partition coefficient (Wildman–Crippen LogP) is 1.34. The molecule has 7 heteroatoms. The Kier molecular flexibility index (Phi) is 106. The summed E-state index contributed by atoms with van der Waals surface area (Å²) in [5, 5.41) is 0. The van der Waals surface area contributed by atoms with Gasteiger partial charge in [0.25, 0.3) is 0 Å². The molecule has 0 spiro atoms. The molecule has 56 valence electrons. The van der Waals surface area contributed by atoms with Crippen LogP contribution in [0.3, 0.4) is 0 Å². The largest absolute Gasteiger partial charge is 0.352 e. The Bertz CT molecular complexity index is 37.0. The van der Waals surface area contributed by atoms with Gasteiger partial charge in [-0.2, -0.15) is 0 Å². The molecule has 0 aliphatic rings. The van der Waals surface area contributed by atoms with Gasteiger partial charge in [-0.15, -0.1) is 67.9 Å². The quantitative estimate of drug-likeness (QED) is 0.651. The molecular formula is CH8Br4N2O. The van der Waals surface area contributed by atoms with Crippen LogP contribution < -0.4 is 11.5 Å². The summed E-state index contributed by atoms with van der Waals surface area (Å²) in [4.78, 5) is 9.00. The molecule has 0 saturated carbocycles. The minimum absolute atomic E-state index is 0. The fourth-order valence-electron chi connectivity index (χ4n) is 0. The minimum Gasteiger partial charge on any atom is -0.352 e. The zero-order valence-electron chi connectivity index (χ0n) is 3.70. The summed E-state index contributed by atoms with van der Waals surface area (Å²) >= 11 is 0. The Morgan fingerprint density at radius 1 is 0.875 bits per heavy atom. The van der Waals surface area contributed by atoms with Crippen molar-refractivity contribution in [3.8, 4) is 0 Å². The summed E-state index contributed by atoms with van der Waals surface area (Å²) < 4.78 is 0. The lowest BCUT2D eigenvalue weighted by molar-refractivity contribution is 0.256. The molecule has 0 aliphatic carbocycles. The van der Waals surface area contributed by atoms with Gasteiger partial charge < -0.3 is 11.5 Å². The molecule has 0 atom stereocenters. The lowest BCUT2D eigenvalue weighted by Crippen LogP contribution is -2.18. The van der Waals surface area contributed by atoms with Crippen molar-refractivity contribution in [1.29, 1.82) is 0 Å². The van der Waals surface area contributed by atoms with Crippen molar-refractivity contribution in [1.82, 2.24) is 0 Å². The molecule has 0 saturated heterocycles. The highest BCUT2D eigenvalue weighted by atomic mass is 79.9. The van der Waals surface area contributed by atoms with Crippen LogP contribution in [-0.2, 0) is 0 Å². The van der Waals surface area contributed by atoms with E-state index in [2.05, 4.69) is 11.5 Å². The van der Waals surface area contributed by atoms with Gasteiger partial charge >= 0.3 is 6.03 Å². The number of urea groups is 1. The number of amides is 2. The first kappa shape index (κ1) is 35.1. The Hall–Kier alpha value is 1.19. The van der Waals surface area contributed by atoms with Crippen LogP contribution in [0, 0.1) is 0 Å². The van der Waals surface area contributed by atoms with E-state index in [0.717, 1.165) is 0 Å². The third-order valence-electron chi connectivity index (χ3n) is 0. The van der Waals surface area contributed by atoms with Crippen LogP contribution in [0.5, 0.6) is 0 Å². The van der Waals surface area contributed by atoms with Gasteiger partial charge in [0.15, 0.2) is 0 Å². The minimum atomic E-state index is -0.833. The molecule has 2 amide bonds. The first-order valence-electron chi connectivity index (χ1n) is 0.781. The molecule has 0 fully saturated rings. The smallest absolute Gasteiger partial charge is 0.309 e. The molecule has 0 heterocycles. The topological polar surface area (TPSA) is 69.1 Å². The van der Waals surface area contributed by atoms with Crippen molar-refractivity contribution in [2.24, 2.45) is 11.5 Å². The van der Waals surface area contributed by atoms with E-state index in [1.54, 1.807) is 0 Å². The van der Waals surface area contributed by atoms with E-state index in [9.17, 15) is 0 Å². The molecular weight excluding hydrogens is 376 g/mol. The maximum absolute atomic E-state index is 9.00. The number of carbonyl (C=O) groups is 1. The average Bonchev–Trinajstić information content (AvgIpc) is 0.811. The standard InChI is InChI=1S/CH4N2O.4BrH/c2-1(3)4;;;;/h(H4,2,3,4);4*1H. The zero-order chi connectivity index (χ0) is 3.58. The van der Waals surface area contributed by atoms with Crippen LogP contribution in [-0.4, -0.2) is 6.03 Å². The second-order valence-corrected chi connectivity index (χ2v) is 0.402. The van der Waals surface area contributed by atoms with Crippen LogP contribution in [0.2, 0.25) is 0 Å². The first-order chi connectivity index (χ1) is 1.73. The fraction of sp³-hybridized carbons (Fsp3) is 0. The van der Waals surface area contributed by atoms with Crippen LogP contribution in [0.25, 0.3) is 0 Å². The lowest BCUT2D eigenvalue weighted by Gasteiger charge is -1.62. The molecule has 8 heavy (non-hydrogen) atoms. The number of primary amides is 2. The molecule has 0 bridgehead atoms. The monoisotopic (exact) mass is 380 g/mol. The van der Waals surface area contributed by atoms with Crippen molar-refractivity contribution >= 4 is 74.0 Å². The molecule has 0 aromatic rings. The molecule has 0 rings (SSSR count). The van der Waals surface area contributed by atoms with Gasteiger partial charge in [0, 0.05) is 0 Å². The van der Waals surface area contributed by atoms with E-state index in [1.165, 1.54) is 0 Å². The highest BCUT2D eigenvalue weighted by molar-refractivity contribution is 8.93. The van der Waals surface area contributed by atoms with Crippen LogP contribution in [0.15, 0.2) is 0 Å². The van der Waals surface area contributed by atoms with Gasteiger partial charge in [-0.1, -0.05) is 0 Å². The average molecular weight is 384 g/mol. The van der Waals surface area contributed by atoms with Gasteiger partial charge in [0.2, 0.25) is 0 Å². The van der Waals surface area contributed by atoms with Crippen LogP contribution in [0.1, 0.15) is 0 Å². The van der Waals surface area contributed by atoms with Gasteiger partial charge in [0.1, 0.15) is 0 Å². The van der Waals surface area contributed by atoms with Crippen molar-refractivity contribution in [2.75, 3.05) is 0 Å². The summed E-state index contributed by atoms with van der Waals surface area (Å²) in [5.74, 6) is 0. The highest BCUT2D eigenvalue weighted by Gasteiger charge is 1.60. The Balaban J connectivity index is -0.00000000750. The predicted molar refractivity (Wildman–Crippen MR) is 55.1 cm³/mol. The Morgan fingerprint density at radius 2 is 0.875 bits per heavy atom. The second kappa shape index (κ2) is 24.1. The van der Waals surface area contributed by atoms with Crippen LogP contribution >= 0.6 is 67.9 Å². The maximum atomic E-state index is 9.00. The van der Waals surface area contributed by atoms with Crippen LogP contribution in [0.4, 0.5) is 4.79 Å². The molecule has 0 aromatic heterocycles. The first-order valence-corrected chi connectivity index (χ1v) is 0.781. The summed E-state index contributed by atoms with van der Waals surface area (Å²) in [5.41, 5.74) is 8.50. The molecule has 0 radical (unpaired) electrons. The summed E-state index contributed by atoms with van der Waals surface area (Å²) in [6, 6.07) is -0.833. The lowest BCUT2D eigenvalue weighted by atomic mass is 11.2. The number of nitrogens with two attached hydrogens (primary N) is 2. The third kappa shape index (κ3) is 195. The van der Waals surface area contributed by atoms with Crippen molar-refractivity contribution in [2.45, 2.75) is 0 Å². The Labute approximate surface area is 89.6 Å². The van der Waals surface area contributed by atoms with Gasteiger partial charge in [-0.3, -0.25) is 0 Å². The zero-order valence-corrected chi connectivity index (χ0v) is 10.5. The summed E-state index contributed by atoms with van der Waals surface area (Å²) in [7, 11) is 0. The van der Waals surface area contributed by atoms with Crippen molar-refractivity contribution in [3.63, 3.8) is 0 Å². The fourth-order valence-corrected chi connectivity index (χ4v) is 0. The number of halogens is 4. The van der Waals surface area contributed by atoms with E-state index in [-0.39, 0.29) is 67.9 Å². The number of rotatable bonds is 0. The molecule has 0 aromatic carbocycles. The van der Waals surface area contributed by atoms with E-state index in [1.807, 2.05) is 0 Å². The summed E-state index contributed by atoms with van der Waals surface area (Å²) in [6.07, 6.45) is 0.